The van der Waals surface area contributed by atoms with Gasteiger partial charge in [-0.3, -0.25) is 4.79 Å². The Kier molecular flexibility index (Phi) is 2.00. The molecule has 4 heteroatoms. The number of rotatable bonds is 1. The van der Waals surface area contributed by atoms with Crippen molar-refractivity contribution in [2.45, 2.75) is 33.6 Å². The lowest BCUT2D eigenvalue weighted by Gasteiger charge is -2.31. The van der Waals surface area contributed by atoms with Crippen LogP contribution in [0.5, 0.6) is 0 Å². The van der Waals surface area contributed by atoms with Crippen LogP contribution < -0.4 is 0 Å². The van der Waals surface area contributed by atoms with Gasteiger partial charge in [0.05, 0.1) is 0 Å². The van der Waals surface area contributed by atoms with Gasteiger partial charge in [0, 0.05) is 11.0 Å². The number of carboxylic acids is 1. The molecule has 0 amide bonds. The first-order valence-electron chi connectivity index (χ1n) is 5.44. The standard InChI is InChI=1S/C12H16O4/c1-11(2)6-4-5-12(11,3)9(14)7(6)8(13)10(15)16/h6,13H,4-5H2,1-3H3,(H,15,16)/b8-7-/t6-,12-/m0/s1. The summed E-state index contributed by atoms with van der Waals surface area (Å²) in [6, 6.07) is 0. The molecule has 0 saturated heterocycles. The smallest absolute Gasteiger partial charge is 0.371 e. The Labute approximate surface area is 94.0 Å². The van der Waals surface area contributed by atoms with E-state index in [1.165, 1.54) is 0 Å². The molecule has 2 N–H and O–H groups in total. The van der Waals surface area contributed by atoms with E-state index in [9.17, 15) is 14.7 Å². The van der Waals surface area contributed by atoms with Gasteiger partial charge in [0.1, 0.15) is 0 Å². The summed E-state index contributed by atoms with van der Waals surface area (Å²) in [6.07, 6.45) is 1.56. The quantitative estimate of drug-likeness (QED) is 0.527. The molecule has 2 aliphatic carbocycles. The minimum absolute atomic E-state index is 0.124. The van der Waals surface area contributed by atoms with Crippen molar-refractivity contribution in [2.75, 3.05) is 0 Å². The van der Waals surface area contributed by atoms with Gasteiger partial charge in [-0.25, -0.2) is 4.79 Å². The lowest BCUT2D eigenvalue weighted by molar-refractivity contribution is -0.136. The molecule has 0 unspecified atom stereocenters. The number of carbonyl (C=O) groups is 2. The predicted octanol–water partition coefficient (Wildman–Crippen LogP) is 1.91. The number of fused-ring (bicyclic) bond motifs is 2. The van der Waals surface area contributed by atoms with E-state index >= 15 is 0 Å². The maximum atomic E-state index is 12.2. The number of allylic oxidation sites excluding steroid dienone is 1. The number of aliphatic carboxylic acids is 1. The highest BCUT2D eigenvalue weighted by molar-refractivity contribution is 6.09. The third kappa shape index (κ3) is 0.996. The molecule has 0 aromatic rings. The molecule has 2 fully saturated rings. The van der Waals surface area contributed by atoms with Crippen molar-refractivity contribution in [2.24, 2.45) is 16.7 Å². The van der Waals surface area contributed by atoms with E-state index in [0.29, 0.717) is 0 Å². The van der Waals surface area contributed by atoms with Crippen LogP contribution in [0.4, 0.5) is 0 Å². The van der Waals surface area contributed by atoms with Crippen molar-refractivity contribution >= 4 is 11.8 Å². The molecule has 2 rings (SSSR count). The van der Waals surface area contributed by atoms with E-state index in [1.807, 2.05) is 20.8 Å². The molecule has 0 aliphatic heterocycles. The van der Waals surface area contributed by atoms with Crippen LogP contribution >= 0.6 is 0 Å². The average Bonchev–Trinajstić information content (AvgIpc) is 2.48. The minimum atomic E-state index is -1.41. The third-order valence-electron chi connectivity index (χ3n) is 4.78. The summed E-state index contributed by atoms with van der Waals surface area (Å²) in [4.78, 5) is 22.9. The number of aliphatic hydroxyl groups is 1. The Bertz CT molecular complexity index is 419. The first-order chi connectivity index (χ1) is 7.23. The molecule has 2 aliphatic rings. The van der Waals surface area contributed by atoms with Crippen LogP contribution in [-0.2, 0) is 9.59 Å². The second-order valence-corrected chi connectivity index (χ2v) is 5.54. The molecule has 16 heavy (non-hydrogen) atoms. The monoisotopic (exact) mass is 224 g/mol. The Morgan fingerprint density at radius 1 is 1.31 bits per heavy atom. The van der Waals surface area contributed by atoms with Crippen LogP contribution in [0.3, 0.4) is 0 Å². The second-order valence-electron chi connectivity index (χ2n) is 5.54. The molecule has 2 saturated carbocycles. The molecule has 0 heterocycles. The summed E-state index contributed by atoms with van der Waals surface area (Å²) >= 11 is 0. The largest absolute Gasteiger partial charge is 0.502 e. The molecular weight excluding hydrogens is 208 g/mol. The lowest BCUT2D eigenvalue weighted by atomic mass is 9.70. The van der Waals surface area contributed by atoms with Gasteiger partial charge in [-0.15, -0.1) is 0 Å². The summed E-state index contributed by atoms with van der Waals surface area (Å²) in [6.45, 7) is 5.83. The zero-order chi connectivity index (χ0) is 12.3. The van der Waals surface area contributed by atoms with Gasteiger partial charge in [-0.05, 0) is 24.2 Å². The van der Waals surface area contributed by atoms with Crippen LogP contribution in [-0.4, -0.2) is 22.0 Å². The molecule has 88 valence electrons. The molecule has 2 bridgehead atoms. The highest BCUT2D eigenvalue weighted by Crippen LogP contribution is 2.65. The van der Waals surface area contributed by atoms with Crippen molar-refractivity contribution in [3.05, 3.63) is 11.3 Å². The highest BCUT2D eigenvalue weighted by Gasteiger charge is 2.65. The van der Waals surface area contributed by atoms with Crippen LogP contribution in [0, 0.1) is 16.7 Å². The lowest BCUT2D eigenvalue weighted by Crippen LogP contribution is -2.32. The van der Waals surface area contributed by atoms with E-state index in [0.717, 1.165) is 12.8 Å². The van der Waals surface area contributed by atoms with Crippen molar-refractivity contribution < 1.29 is 19.8 Å². The zero-order valence-corrected chi connectivity index (χ0v) is 9.70. The van der Waals surface area contributed by atoms with E-state index < -0.39 is 17.1 Å². The van der Waals surface area contributed by atoms with Crippen molar-refractivity contribution in [1.82, 2.24) is 0 Å². The van der Waals surface area contributed by atoms with Gasteiger partial charge >= 0.3 is 5.97 Å². The summed E-state index contributed by atoms with van der Waals surface area (Å²) in [5.41, 5.74) is -0.648. The Morgan fingerprint density at radius 3 is 2.25 bits per heavy atom. The SMILES string of the molecule is CC1(C)[C@H]2CC[C@@]1(C)C(=O)/C2=C(\O)C(=O)O. The molecule has 2 atom stereocenters. The van der Waals surface area contributed by atoms with Crippen molar-refractivity contribution in [1.29, 1.82) is 0 Å². The molecule has 0 radical (unpaired) electrons. The van der Waals surface area contributed by atoms with Crippen molar-refractivity contribution in [3.63, 3.8) is 0 Å². The summed E-state index contributed by atoms with van der Waals surface area (Å²) in [5, 5.41) is 18.3. The normalized spacial score (nSPS) is 38.9. The number of aliphatic hydroxyl groups excluding tert-OH is 1. The fourth-order valence-electron chi connectivity index (χ4n) is 3.26. The maximum Gasteiger partial charge on any atom is 0.371 e. The van der Waals surface area contributed by atoms with Gasteiger partial charge in [0.2, 0.25) is 5.76 Å². The van der Waals surface area contributed by atoms with Gasteiger partial charge in [0.15, 0.2) is 5.78 Å². The van der Waals surface area contributed by atoms with Crippen molar-refractivity contribution in [3.8, 4) is 0 Å². The molecular formula is C12H16O4. The summed E-state index contributed by atoms with van der Waals surface area (Å²) in [7, 11) is 0. The van der Waals surface area contributed by atoms with Crippen LogP contribution in [0.1, 0.15) is 33.6 Å². The van der Waals surface area contributed by atoms with E-state index in [-0.39, 0.29) is 22.7 Å². The average molecular weight is 224 g/mol. The predicted molar refractivity (Wildman–Crippen MR) is 56.9 cm³/mol. The number of Topliss-reactive ketones (excluding diaryl/α,β-unsaturated/α-hetero) is 1. The van der Waals surface area contributed by atoms with Gasteiger partial charge in [-0.2, -0.15) is 0 Å². The first-order valence-corrected chi connectivity index (χ1v) is 5.44. The maximum absolute atomic E-state index is 12.2. The fourth-order valence-corrected chi connectivity index (χ4v) is 3.26. The zero-order valence-electron chi connectivity index (χ0n) is 9.70. The number of ketones is 1. The minimum Gasteiger partial charge on any atom is -0.502 e. The fraction of sp³-hybridized carbons (Fsp3) is 0.667. The van der Waals surface area contributed by atoms with Crippen LogP contribution in [0.2, 0.25) is 0 Å². The van der Waals surface area contributed by atoms with Gasteiger partial charge < -0.3 is 10.2 Å². The topological polar surface area (TPSA) is 74.6 Å². The number of hydrogen-bond acceptors (Lipinski definition) is 3. The summed E-state index contributed by atoms with van der Waals surface area (Å²) < 4.78 is 0. The summed E-state index contributed by atoms with van der Waals surface area (Å²) in [5.74, 6) is -2.48. The van der Waals surface area contributed by atoms with Crippen LogP contribution in [0.25, 0.3) is 0 Å². The molecule has 4 nitrogen and oxygen atoms in total. The van der Waals surface area contributed by atoms with E-state index in [1.54, 1.807) is 0 Å². The highest BCUT2D eigenvalue weighted by atomic mass is 16.4. The molecule has 0 spiro atoms. The van der Waals surface area contributed by atoms with E-state index in [4.69, 9.17) is 5.11 Å². The van der Waals surface area contributed by atoms with Gasteiger partial charge in [0.25, 0.3) is 0 Å². The van der Waals surface area contributed by atoms with E-state index in [2.05, 4.69) is 0 Å². The number of carbonyl (C=O) groups excluding carboxylic acids is 1. The molecule has 0 aromatic heterocycles. The Hall–Kier alpha value is -1.32. The molecule has 0 aromatic carbocycles. The number of hydrogen-bond donors (Lipinski definition) is 2. The van der Waals surface area contributed by atoms with Crippen LogP contribution in [0.15, 0.2) is 11.3 Å². The Balaban J connectivity index is 2.61. The second kappa shape index (κ2) is 2.87. The Morgan fingerprint density at radius 2 is 1.88 bits per heavy atom. The number of carboxylic acid groups (broad SMARTS) is 1. The first kappa shape index (κ1) is 11.2. The third-order valence-corrected chi connectivity index (χ3v) is 4.78. The van der Waals surface area contributed by atoms with Gasteiger partial charge in [-0.1, -0.05) is 20.8 Å².